The molecule has 1 saturated carbocycles. The highest BCUT2D eigenvalue weighted by molar-refractivity contribution is 7.21. The average Bonchev–Trinajstić information content (AvgIpc) is 3.06. The van der Waals surface area contributed by atoms with Crippen molar-refractivity contribution in [3.63, 3.8) is 0 Å². The average molecular weight is 368 g/mol. The van der Waals surface area contributed by atoms with E-state index in [1.807, 2.05) is 24.3 Å². The Kier molecular flexibility index (Phi) is 5.46. The summed E-state index contributed by atoms with van der Waals surface area (Å²) in [5.41, 5.74) is 1.09. The topological polar surface area (TPSA) is 57.8 Å². The first kappa shape index (κ1) is 17.4. The first-order valence-corrected chi connectivity index (χ1v) is 10.4. The second-order valence-electron chi connectivity index (χ2n) is 7.13. The number of nitrogens with one attached hydrogen (secondary N) is 2. The predicted molar refractivity (Wildman–Crippen MR) is 109 cm³/mol. The maximum atomic E-state index is 12.5. The first-order chi connectivity index (χ1) is 12.8. The van der Waals surface area contributed by atoms with E-state index in [0.29, 0.717) is 18.0 Å². The van der Waals surface area contributed by atoms with Crippen molar-refractivity contribution in [2.24, 2.45) is 0 Å². The Morgan fingerprint density at radius 2 is 1.81 bits per heavy atom. The molecule has 4 rings (SSSR count). The summed E-state index contributed by atoms with van der Waals surface area (Å²) in [6, 6.07) is 12.7. The van der Waals surface area contributed by atoms with Gasteiger partial charge in [0.15, 0.2) is 0 Å². The maximum absolute atomic E-state index is 12.5. The van der Waals surface area contributed by atoms with E-state index >= 15 is 0 Å². The van der Waals surface area contributed by atoms with E-state index in [0.717, 1.165) is 21.1 Å². The van der Waals surface area contributed by atoms with Crippen molar-refractivity contribution >= 4 is 21.6 Å². The van der Waals surface area contributed by atoms with E-state index in [9.17, 15) is 4.79 Å². The van der Waals surface area contributed by atoms with Gasteiger partial charge in [-0.1, -0.05) is 62.4 Å². The zero-order valence-electron chi connectivity index (χ0n) is 15.0. The molecular weight excluding hydrogens is 342 g/mol. The largest absolute Gasteiger partial charge is 0.309 e. The third-order valence-corrected chi connectivity index (χ3v) is 6.25. The lowest BCUT2D eigenvalue weighted by Crippen LogP contribution is -2.30. The molecule has 2 heterocycles. The first-order valence-electron chi connectivity index (χ1n) is 9.61. The molecule has 26 heavy (non-hydrogen) atoms. The van der Waals surface area contributed by atoms with Gasteiger partial charge in [-0.25, -0.2) is 4.98 Å². The summed E-state index contributed by atoms with van der Waals surface area (Å²) in [6.07, 6.45) is 9.11. The lowest BCUT2D eigenvalue weighted by molar-refractivity contribution is 0.386. The maximum Gasteiger partial charge on any atom is 0.259 e. The molecule has 2 aromatic heterocycles. The molecule has 0 saturated heterocycles. The number of hydrogen-bond acceptors (Lipinski definition) is 4. The standard InChI is InChI=1S/C21H25N3OS/c25-20-17-13-18(15-9-5-4-6-10-15)26-21(17)24-19(23-20)14-22-16-11-7-2-1-3-8-12-16/h4-6,9-10,13,16,22H,1-3,7-8,11-12,14H2,(H,23,24,25). The molecule has 2 N–H and O–H groups in total. The number of thiophene rings is 1. The number of nitrogens with zero attached hydrogens (tertiary/aromatic N) is 1. The Hall–Kier alpha value is -1.98. The van der Waals surface area contributed by atoms with Gasteiger partial charge >= 0.3 is 0 Å². The van der Waals surface area contributed by atoms with Crippen LogP contribution in [0.3, 0.4) is 0 Å². The fraction of sp³-hybridized carbons (Fsp3) is 0.429. The van der Waals surface area contributed by atoms with Crippen LogP contribution >= 0.6 is 11.3 Å². The quantitative estimate of drug-likeness (QED) is 0.693. The van der Waals surface area contributed by atoms with Crippen LogP contribution in [0.5, 0.6) is 0 Å². The highest BCUT2D eigenvalue weighted by Crippen LogP contribution is 2.30. The van der Waals surface area contributed by atoms with E-state index < -0.39 is 0 Å². The second kappa shape index (κ2) is 8.14. The molecule has 5 heteroatoms. The number of aromatic amines is 1. The van der Waals surface area contributed by atoms with Crippen molar-refractivity contribution in [3.8, 4) is 10.4 Å². The molecule has 1 fully saturated rings. The molecule has 1 aliphatic carbocycles. The van der Waals surface area contributed by atoms with Gasteiger partial charge in [0.1, 0.15) is 10.7 Å². The van der Waals surface area contributed by atoms with Gasteiger partial charge in [0.25, 0.3) is 5.56 Å². The summed E-state index contributed by atoms with van der Waals surface area (Å²) in [5.74, 6) is 0.742. The monoisotopic (exact) mass is 367 g/mol. The number of rotatable bonds is 4. The molecule has 3 aromatic rings. The fourth-order valence-electron chi connectivity index (χ4n) is 3.71. The molecule has 0 spiro atoms. The molecule has 0 radical (unpaired) electrons. The smallest absolute Gasteiger partial charge is 0.259 e. The molecule has 0 bridgehead atoms. The normalized spacial score (nSPS) is 16.5. The van der Waals surface area contributed by atoms with E-state index in [4.69, 9.17) is 4.98 Å². The Labute approximate surface area is 157 Å². The number of aromatic nitrogens is 2. The van der Waals surface area contributed by atoms with Crippen LogP contribution in [-0.2, 0) is 6.54 Å². The van der Waals surface area contributed by atoms with Crippen molar-refractivity contribution in [3.05, 3.63) is 52.6 Å². The Morgan fingerprint density at radius 3 is 2.58 bits per heavy atom. The molecule has 0 unspecified atom stereocenters. The van der Waals surface area contributed by atoms with Crippen LogP contribution in [0.15, 0.2) is 41.2 Å². The van der Waals surface area contributed by atoms with E-state index in [1.165, 1.54) is 44.9 Å². The van der Waals surface area contributed by atoms with Gasteiger partial charge in [-0.2, -0.15) is 0 Å². The summed E-state index contributed by atoms with van der Waals surface area (Å²) in [6.45, 7) is 0.633. The summed E-state index contributed by atoms with van der Waals surface area (Å²) in [5, 5.41) is 4.29. The number of fused-ring (bicyclic) bond motifs is 1. The summed E-state index contributed by atoms with van der Waals surface area (Å²) >= 11 is 1.59. The third kappa shape index (κ3) is 4.05. The zero-order chi connectivity index (χ0) is 17.8. The van der Waals surface area contributed by atoms with Crippen LogP contribution in [0.25, 0.3) is 20.7 Å². The van der Waals surface area contributed by atoms with Crippen molar-refractivity contribution < 1.29 is 0 Å². The molecule has 136 valence electrons. The van der Waals surface area contributed by atoms with Crippen LogP contribution < -0.4 is 10.9 Å². The van der Waals surface area contributed by atoms with Gasteiger partial charge in [-0.15, -0.1) is 11.3 Å². The molecule has 0 amide bonds. The van der Waals surface area contributed by atoms with Gasteiger partial charge < -0.3 is 10.3 Å². The Bertz CT molecular complexity index is 908. The molecule has 1 aromatic carbocycles. The number of benzene rings is 1. The van der Waals surface area contributed by atoms with Gasteiger partial charge in [0.05, 0.1) is 11.9 Å². The summed E-state index contributed by atoms with van der Waals surface area (Å²) < 4.78 is 0. The molecule has 1 aliphatic rings. The van der Waals surface area contributed by atoms with E-state index in [-0.39, 0.29) is 5.56 Å². The zero-order valence-corrected chi connectivity index (χ0v) is 15.8. The van der Waals surface area contributed by atoms with Crippen molar-refractivity contribution in [2.75, 3.05) is 0 Å². The lowest BCUT2D eigenvalue weighted by Gasteiger charge is -2.20. The van der Waals surface area contributed by atoms with Crippen molar-refractivity contribution in [1.29, 1.82) is 0 Å². The lowest BCUT2D eigenvalue weighted by atomic mass is 9.97. The van der Waals surface area contributed by atoms with E-state index in [2.05, 4.69) is 22.4 Å². The molecule has 4 nitrogen and oxygen atoms in total. The highest BCUT2D eigenvalue weighted by atomic mass is 32.1. The minimum atomic E-state index is -0.0390. The molecular formula is C21H25N3OS. The highest BCUT2D eigenvalue weighted by Gasteiger charge is 2.13. The second-order valence-corrected chi connectivity index (χ2v) is 8.16. The fourth-order valence-corrected chi connectivity index (χ4v) is 4.76. The van der Waals surface area contributed by atoms with Gasteiger partial charge in [-0.3, -0.25) is 4.79 Å². The van der Waals surface area contributed by atoms with Gasteiger partial charge in [0, 0.05) is 10.9 Å². The minimum Gasteiger partial charge on any atom is -0.309 e. The molecule has 0 aliphatic heterocycles. The predicted octanol–water partition coefficient (Wildman–Crippen LogP) is 4.85. The van der Waals surface area contributed by atoms with Gasteiger partial charge in [0.2, 0.25) is 0 Å². The van der Waals surface area contributed by atoms with Crippen molar-refractivity contribution in [1.82, 2.24) is 15.3 Å². The van der Waals surface area contributed by atoms with Crippen LogP contribution in [0.1, 0.15) is 50.8 Å². The van der Waals surface area contributed by atoms with Crippen LogP contribution in [0, 0.1) is 0 Å². The number of hydrogen-bond donors (Lipinski definition) is 2. The summed E-state index contributed by atoms with van der Waals surface area (Å²) in [7, 11) is 0. The van der Waals surface area contributed by atoms with Crippen molar-refractivity contribution in [2.45, 2.75) is 57.5 Å². The summed E-state index contributed by atoms with van der Waals surface area (Å²) in [4.78, 5) is 22.1. The third-order valence-electron chi connectivity index (χ3n) is 5.17. The Morgan fingerprint density at radius 1 is 1.08 bits per heavy atom. The molecule has 0 atom stereocenters. The van der Waals surface area contributed by atoms with Crippen LogP contribution in [0.4, 0.5) is 0 Å². The van der Waals surface area contributed by atoms with Crippen LogP contribution in [0.2, 0.25) is 0 Å². The SMILES string of the molecule is O=c1[nH]c(CNC2CCCCCCC2)nc2sc(-c3ccccc3)cc12. The van der Waals surface area contributed by atoms with Gasteiger partial charge in [-0.05, 0) is 24.5 Å². The Balaban J connectivity index is 1.52. The number of H-pyrrole nitrogens is 1. The van der Waals surface area contributed by atoms with E-state index in [1.54, 1.807) is 11.3 Å². The van der Waals surface area contributed by atoms with Crippen LogP contribution in [-0.4, -0.2) is 16.0 Å². The minimum absolute atomic E-state index is 0.0390.